The number of anilines is 1. The predicted octanol–water partition coefficient (Wildman–Crippen LogP) is 5.40. The molecule has 2 aromatic rings. The summed E-state index contributed by atoms with van der Waals surface area (Å²) in [7, 11) is 0. The zero-order valence-corrected chi connectivity index (χ0v) is 17.5. The molecule has 7 nitrogen and oxygen atoms in total. The lowest BCUT2D eigenvalue weighted by molar-refractivity contribution is -0.384. The number of non-ortho nitro benzene ring substituents is 1. The fourth-order valence-corrected chi connectivity index (χ4v) is 4.76. The van der Waals surface area contributed by atoms with E-state index in [0.29, 0.717) is 23.6 Å². The van der Waals surface area contributed by atoms with Gasteiger partial charge >= 0.3 is 5.97 Å². The van der Waals surface area contributed by atoms with Crippen molar-refractivity contribution in [3.63, 3.8) is 0 Å². The largest absolute Gasteiger partial charge is 0.462 e. The van der Waals surface area contributed by atoms with Gasteiger partial charge in [-0.15, -0.1) is 11.3 Å². The number of aryl methyl sites for hydroxylation is 1. The van der Waals surface area contributed by atoms with Crippen LogP contribution in [0.2, 0.25) is 5.02 Å². The Balaban J connectivity index is 1.96. The molecule has 0 atom stereocenters. The van der Waals surface area contributed by atoms with Gasteiger partial charge in [-0.1, -0.05) is 24.9 Å². The van der Waals surface area contributed by atoms with Gasteiger partial charge in [0.1, 0.15) is 5.00 Å². The number of esters is 1. The molecule has 0 fully saturated rings. The highest BCUT2D eigenvalue weighted by Crippen LogP contribution is 2.38. The standard InChI is InChI=1S/C20H21ClN2O5S/c1-2-10-28-20(25)17-13-6-4-3-5-7-16(13)29-19(17)22-18(24)14-11-12(23(26)27)8-9-15(14)21/h8-9,11H,2-7,10H2,1H3,(H,22,24). The first-order chi connectivity index (χ1) is 13.9. The van der Waals surface area contributed by atoms with Gasteiger partial charge in [-0.25, -0.2) is 4.79 Å². The third kappa shape index (κ3) is 4.76. The van der Waals surface area contributed by atoms with Gasteiger partial charge in [0.05, 0.1) is 27.7 Å². The lowest BCUT2D eigenvalue weighted by atomic mass is 10.1. The minimum atomic E-state index is -0.598. The van der Waals surface area contributed by atoms with Crippen LogP contribution in [0.1, 0.15) is 63.8 Å². The smallest absolute Gasteiger partial charge is 0.341 e. The van der Waals surface area contributed by atoms with E-state index >= 15 is 0 Å². The third-order valence-electron chi connectivity index (χ3n) is 4.70. The SMILES string of the molecule is CCCOC(=O)c1c(NC(=O)c2cc([N+](=O)[O-])ccc2Cl)sc2c1CCCCC2. The Morgan fingerprint density at radius 1 is 1.28 bits per heavy atom. The number of fused-ring (bicyclic) bond motifs is 1. The number of nitrogens with zero attached hydrogens (tertiary/aromatic N) is 1. The van der Waals surface area contributed by atoms with Crippen LogP contribution in [0.25, 0.3) is 0 Å². The maximum Gasteiger partial charge on any atom is 0.341 e. The summed E-state index contributed by atoms with van der Waals surface area (Å²) in [6.07, 6.45) is 5.40. The molecule has 1 aliphatic rings. The second kappa shape index (κ2) is 9.37. The molecule has 0 bridgehead atoms. The fraction of sp³-hybridized carbons (Fsp3) is 0.400. The Morgan fingerprint density at radius 2 is 2.03 bits per heavy atom. The predicted molar refractivity (Wildman–Crippen MR) is 112 cm³/mol. The highest BCUT2D eigenvalue weighted by atomic mass is 35.5. The summed E-state index contributed by atoms with van der Waals surface area (Å²) in [6.45, 7) is 2.21. The molecule has 0 saturated carbocycles. The van der Waals surface area contributed by atoms with E-state index in [1.165, 1.54) is 23.5 Å². The molecular weight excluding hydrogens is 416 g/mol. The molecule has 9 heteroatoms. The molecule has 1 aliphatic carbocycles. The molecule has 29 heavy (non-hydrogen) atoms. The van der Waals surface area contributed by atoms with Crippen LogP contribution in [-0.2, 0) is 17.6 Å². The van der Waals surface area contributed by atoms with Crippen LogP contribution in [-0.4, -0.2) is 23.4 Å². The number of rotatable bonds is 6. The highest BCUT2D eigenvalue weighted by molar-refractivity contribution is 7.17. The minimum absolute atomic E-state index is 0.0164. The minimum Gasteiger partial charge on any atom is -0.462 e. The van der Waals surface area contributed by atoms with E-state index in [-0.39, 0.29) is 16.3 Å². The van der Waals surface area contributed by atoms with Crippen LogP contribution in [0.15, 0.2) is 18.2 Å². The van der Waals surface area contributed by atoms with Crippen LogP contribution in [0.3, 0.4) is 0 Å². The van der Waals surface area contributed by atoms with Crippen molar-refractivity contribution in [3.05, 3.63) is 54.9 Å². The number of halogens is 1. The summed E-state index contributed by atoms with van der Waals surface area (Å²) in [4.78, 5) is 37.0. The third-order valence-corrected chi connectivity index (χ3v) is 6.23. The molecular formula is C20H21ClN2O5S. The van der Waals surface area contributed by atoms with Crippen LogP contribution < -0.4 is 5.32 Å². The number of carbonyl (C=O) groups excluding carboxylic acids is 2. The molecule has 154 valence electrons. The van der Waals surface area contributed by atoms with Gasteiger partial charge in [-0.2, -0.15) is 0 Å². The maximum absolute atomic E-state index is 12.8. The fourth-order valence-electron chi connectivity index (χ4n) is 3.28. The maximum atomic E-state index is 12.8. The zero-order valence-electron chi connectivity index (χ0n) is 16.0. The van der Waals surface area contributed by atoms with Crippen LogP contribution in [0, 0.1) is 10.1 Å². The first kappa shape index (κ1) is 21.3. The monoisotopic (exact) mass is 436 g/mol. The second-order valence-electron chi connectivity index (χ2n) is 6.78. The molecule has 1 amide bonds. The molecule has 3 rings (SSSR count). The molecule has 0 unspecified atom stereocenters. The number of benzene rings is 1. The number of amides is 1. The summed E-state index contributed by atoms with van der Waals surface area (Å²) in [5.41, 5.74) is 1.09. The normalized spacial score (nSPS) is 13.3. The first-order valence-electron chi connectivity index (χ1n) is 9.49. The Bertz CT molecular complexity index is 957. The summed E-state index contributed by atoms with van der Waals surface area (Å²) in [6, 6.07) is 3.68. The lowest BCUT2D eigenvalue weighted by Gasteiger charge is -2.10. The lowest BCUT2D eigenvalue weighted by Crippen LogP contribution is -2.16. The van der Waals surface area contributed by atoms with E-state index in [9.17, 15) is 19.7 Å². The molecule has 0 spiro atoms. The van der Waals surface area contributed by atoms with E-state index in [2.05, 4.69) is 5.32 Å². The van der Waals surface area contributed by atoms with Crippen LogP contribution in [0.5, 0.6) is 0 Å². The molecule has 0 saturated heterocycles. The topological polar surface area (TPSA) is 98.5 Å². The van der Waals surface area contributed by atoms with Gasteiger partial charge in [0.2, 0.25) is 0 Å². The first-order valence-corrected chi connectivity index (χ1v) is 10.7. The quantitative estimate of drug-likeness (QED) is 0.283. The number of hydrogen-bond donors (Lipinski definition) is 1. The Morgan fingerprint density at radius 3 is 2.76 bits per heavy atom. The Labute approximate surface area is 177 Å². The molecule has 1 aromatic heterocycles. The number of ether oxygens (including phenoxy) is 1. The summed E-state index contributed by atoms with van der Waals surface area (Å²) in [5.74, 6) is -1.05. The second-order valence-corrected chi connectivity index (χ2v) is 8.29. The summed E-state index contributed by atoms with van der Waals surface area (Å²) in [5, 5.41) is 14.3. The van der Waals surface area contributed by atoms with Crippen molar-refractivity contribution in [2.75, 3.05) is 11.9 Å². The number of carbonyl (C=O) groups is 2. The van der Waals surface area contributed by atoms with E-state index in [4.69, 9.17) is 16.3 Å². The molecule has 0 aliphatic heterocycles. The van der Waals surface area contributed by atoms with E-state index < -0.39 is 16.8 Å². The molecule has 1 aromatic carbocycles. The van der Waals surface area contributed by atoms with Crippen LogP contribution in [0.4, 0.5) is 10.7 Å². The summed E-state index contributed by atoms with van der Waals surface area (Å²) < 4.78 is 5.35. The number of hydrogen-bond acceptors (Lipinski definition) is 6. The van der Waals surface area contributed by atoms with Crippen molar-refractivity contribution in [2.45, 2.75) is 45.4 Å². The van der Waals surface area contributed by atoms with Crippen molar-refractivity contribution in [1.29, 1.82) is 0 Å². The van der Waals surface area contributed by atoms with Gasteiger partial charge in [-0.3, -0.25) is 14.9 Å². The average molecular weight is 437 g/mol. The highest BCUT2D eigenvalue weighted by Gasteiger charge is 2.27. The van der Waals surface area contributed by atoms with Crippen molar-refractivity contribution in [2.24, 2.45) is 0 Å². The van der Waals surface area contributed by atoms with Crippen LogP contribution >= 0.6 is 22.9 Å². The Kier molecular flexibility index (Phi) is 6.87. The Hall–Kier alpha value is -2.45. The molecule has 1 N–H and O–H groups in total. The summed E-state index contributed by atoms with van der Waals surface area (Å²) >= 11 is 7.45. The van der Waals surface area contributed by atoms with Gasteiger partial charge < -0.3 is 10.1 Å². The van der Waals surface area contributed by atoms with Gasteiger partial charge in [0, 0.05) is 17.0 Å². The number of nitrogens with one attached hydrogen (secondary N) is 1. The zero-order chi connectivity index (χ0) is 21.0. The van der Waals surface area contributed by atoms with Gasteiger partial charge in [-0.05, 0) is 43.7 Å². The van der Waals surface area contributed by atoms with Crippen molar-refractivity contribution in [3.8, 4) is 0 Å². The van der Waals surface area contributed by atoms with E-state index in [0.717, 1.165) is 48.6 Å². The van der Waals surface area contributed by atoms with Crippen molar-refractivity contribution in [1.82, 2.24) is 0 Å². The van der Waals surface area contributed by atoms with E-state index in [1.54, 1.807) is 0 Å². The number of thiophene rings is 1. The van der Waals surface area contributed by atoms with Crippen molar-refractivity contribution < 1.29 is 19.2 Å². The van der Waals surface area contributed by atoms with Gasteiger partial charge in [0.25, 0.3) is 11.6 Å². The molecule has 0 radical (unpaired) electrons. The van der Waals surface area contributed by atoms with Crippen molar-refractivity contribution >= 4 is 45.5 Å². The number of nitro benzene ring substituents is 1. The van der Waals surface area contributed by atoms with Gasteiger partial charge in [0.15, 0.2) is 0 Å². The number of nitro groups is 1. The molecule has 1 heterocycles. The average Bonchev–Trinajstić information content (AvgIpc) is 2.86. The van der Waals surface area contributed by atoms with E-state index in [1.807, 2.05) is 6.92 Å².